The van der Waals surface area contributed by atoms with Gasteiger partial charge >= 0.3 is 0 Å². The quantitative estimate of drug-likeness (QED) is 0.356. The van der Waals surface area contributed by atoms with Gasteiger partial charge in [0.2, 0.25) is 5.91 Å². The monoisotopic (exact) mass is 481 g/mol. The van der Waals surface area contributed by atoms with Crippen molar-refractivity contribution in [2.45, 2.75) is 25.4 Å². The molecule has 0 bridgehead atoms. The zero-order chi connectivity index (χ0) is 24.2. The molecule has 1 fully saturated rings. The lowest BCUT2D eigenvalue weighted by Crippen LogP contribution is -2.32. The molecule has 2 aromatic heterocycles. The minimum Gasteiger partial charge on any atom is -0.352 e. The molecule has 2 N–H and O–H groups in total. The first-order chi connectivity index (χ1) is 17.1. The molecule has 2 aromatic carbocycles. The molecule has 1 amide bonds. The number of para-hydroxylation sites is 2. The number of anilines is 1. The number of aromatic nitrogens is 2. The van der Waals surface area contributed by atoms with Gasteiger partial charge in [-0.15, -0.1) is 0 Å². The first kappa shape index (κ1) is 22.8. The molecule has 2 atom stereocenters. The molecule has 176 valence electrons. The summed E-state index contributed by atoms with van der Waals surface area (Å²) < 4.78 is 2.11. The number of thiocarbonyl (C=S) groups is 1. The van der Waals surface area contributed by atoms with Crippen LogP contribution in [0.1, 0.15) is 35.3 Å². The number of amides is 1. The van der Waals surface area contributed by atoms with Crippen LogP contribution in [0.4, 0.5) is 5.69 Å². The van der Waals surface area contributed by atoms with Crippen LogP contribution in [-0.2, 0) is 4.79 Å². The molecule has 0 aliphatic carbocycles. The van der Waals surface area contributed by atoms with E-state index in [-0.39, 0.29) is 18.0 Å². The van der Waals surface area contributed by atoms with Crippen LogP contribution >= 0.6 is 12.2 Å². The fourth-order valence-electron chi connectivity index (χ4n) is 4.51. The van der Waals surface area contributed by atoms with Gasteiger partial charge in [-0.1, -0.05) is 42.5 Å². The maximum atomic E-state index is 12.8. The molecule has 7 heteroatoms. The van der Waals surface area contributed by atoms with Gasteiger partial charge in [0.15, 0.2) is 5.11 Å². The lowest BCUT2D eigenvalue weighted by Gasteiger charge is -2.27. The highest BCUT2D eigenvalue weighted by molar-refractivity contribution is 7.80. The van der Waals surface area contributed by atoms with Gasteiger partial charge in [-0.25, -0.2) is 0 Å². The summed E-state index contributed by atoms with van der Waals surface area (Å²) in [5.41, 5.74) is 4.98. The fraction of sp³-hybridized carbons (Fsp3) is 0.179. The maximum absolute atomic E-state index is 12.8. The van der Waals surface area contributed by atoms with Gasteiger partial charge in [-0.3, -0.25) is 9.78 Å². The molecule has 35 heavy (non-hydrogen) atoms. The summed E-state index contributed by atoms with van der Waals surface area (Å²) in [5, 5.41) is 7.11. The van der Waals surface area contributed by atoms with Crippen LogP contribution in [0.15, 0.2) is 97.5 Å². The molecule has 5 rings (SSSR count). The van der Waals surface area contributed by atoms with Gasteiger partial charge in [0.25, 0.3) is 0 Å². The Kier molecular flexibility index (Phi) is 6.59. The van der Waals surface area contributed by atoms with Crippen LogP contribution in [-0.4, -0.2) is 32.0 Å². The highest BCUT2D eigenvalue weighted by Gasteiger charge is 2.40. The number of nitrogens with zero attached hydrogens (tertiary/aromatic N) is 3. The minimum absolute atomic E-state index is 0.0380. The van der Waals surface area contributed by atoms with E-state index in [2.05, 4.69) is 55.7 Å². The Balaban J connectivity index is 1.39. The number of carbonyl (C=O) groups excluding carboxylic acids is 1. The van der Waals surface area contributed by atoms with Gasteiger partial charge in [-0.05, 0) is 66.7 Å². The Bertz CT molecular complexity index is 1320. The van der Waals surface area contributed by atoms with E-state index >= 15 is 0 Å². The summed E-state index contributed by atoms with van der Waals surface area (Å²) in [5.74, 6) is -0.0380. The molecular weight excluding hydrogens is 454 g/mol. The summed E-state index contributed by atoms with van der Waals surface area (Å²) >= 11 is 5.75. The summed E-state index contributed by atoms with van der Waals surface area (Å²) in [7, 11) is 0. The van der Waals surface area contributed by atoms with Crippen molar-refractivity contribution in [3.05, 3.63) is 114 Å². The van der Waals surface area contributed by atoms with E-state index in [0.717, 1.165) is 28.2 Å². The lowest BCUT2D eigenvalue weighted by atomic mass is 9.99. The molecule has 6 nitrogen and oxygen atoms in total. The molecule has 1 aliphatic heterocycles. The first-order valence-corrected chi connectivity index (χ1v) is 12.1. The number of carbonyl (C=O) groups is 1. The number of rotatable bonds is 7. The van der Waals surface area contributed by atoms with Crippen molar-refractivity contribution in [2.24, 2.45) is 0 Å². The van der Waals surface area contributed by atoms with Crippen molar-refractivity contribution in [1.29, 1.82) is 0 Å². The normalized spacial score (nSPS) is 17.3. The van der Waals surface area contributed by atoms with Gasteiger partial charge in [0, 0.05) is 42.9 Å². The third kappa shape index (κ3) is 4.95. The number of pyridine rings is 1. The highest BCUT2D eigenvalue weighted by atomic mass is 32.1. The largest absolute Gasteiger partial charge is 0.352 e. The number of aryl methyl sites for hydroxylation is 1. The fourth-order valence-corrected chi connectivity index (χ4v) is 4.84. The second-order valence-electron chi connectivity index (χ2n) is 8.62. The van der Waals surface area contributed by atoms with E-state index in [1.807, 2.05) is 67.6 Å². The molecule has 4 aromatic rings. The van der Waals surface area contributed by atoms with Crippen LogP contribution in [0.3, 0.4) is 0 Å². The van der Waals surface area contributed by atoms with E-state index < -0.39 is 0 Å². The van der Waals surface area contributed by atoms with Crippen LogP contribution < -0.4 is 10.6 Å². The van der Waals surface area contributed by atoms with Crippen LogP contribution in [0, 0.1) is 6.92 Å². The van der Waals surface area contributed by atoms with Crippen molar-refractivity contribution >= 4 is 28.9 Å². The number of hydrogen-bond acceptors (Lipinski definition) is 3. The van der Waals surface area contributed by atoms with Crippen LogP contribution in [0.25, 0.3) is 5.69 Å². The maximum Gasteiger partial charge on any atom is 0.226 e. The highest BCUT2D eigenvalue weighted by Crippen LogP contribution is 2.39. The lowest BCUT2D eigenvalue weighted by molar-refractivity contribution is -0.116. The topological polar surface area (TPSA) is 62.2 Å². The van der Waals surface area contributed by atoms with E-state index in [4.69, 9.17) is 12.2 Å². The van der Waals surface area contributed by atoms with E-state index in [0.29, 0.717) is 18.1 Å². The average molecular weight is 482 g/mol. The molecule has 1 saturated heterocycles. The van der Waals surface area contributed by atoms with E-state index in [9.17, 15) is 4.79 Å². The smallest absolute Gasteiger partial charge is 0.226 e. The summed E-state index contributed by atoms with van der Waals surface area (Å²) in [6, 6.07) is 25.8. The third-order valence-electron chi connectivity index (χ3n) is 6.31. The number of benzene rings is 2. The third-order valence-corrected chi connectivity index (χ3v) is 6.66. The average Bonchev–Trinajstić information content (AvgIpc) is 3.50. The predicted molar refractivity (Wildman–Crippen MR) is 142 cm³/mol. The van der Waals surface area contributed by atoms with Crippen molar-refractivity contribution in [3.8, 4) is 5.69 Å². The van der Waals surface area contributed by atoms with Crippen molar-refractivity contribution < 1.29 is 4.79 Å². The van der Waals surface area contributed by atoms with E-state index in [1.54, 1.807) is 6.20 Å². The zero-order valence-electron chi connectivity index (χ0n) is 19.5. The Morgan fingerprint density at radius 2 is 1.80 bits per heavy atom. The predicted octanol–water partition coefficient (Wildman–Crippen LogP) is 5.18. The van der Waals surface area contributed by atoms with Gasteiger partial charge in [0.1, 0.15) is 0 Å². The van der Waals surface area contributed by atoms with Crippen molar-refractivity contribution in [2.75, 3.05) is 11.9 Å². The van der Waals surface area contributed by atoms with Crippen molar-refractivity contribution in [1.82, 2.24) is 19.8 Å². The van der Waals surface area contributed by atoms with Crippen molar-refractivity contribution in [3.63, 3.8) is 0 Å². The Hall–Kier alpha value is -3.97. The van der Waals surface area contributed by atoms with Gasteiger partial charge in [-0.2, -0.15) is 0 Å². The zero-order valence-corrected chi connectivity index (χ0v) is 20.3. The Morgan fingerprint density at radius 3 is 2.57 bits per heavy atom. The second-order valence-corrected chi connectivity index (χ2v) is 9.01. The van der Waals surface area contributed by atoms with Gasteiger partial charge in [0.05, 0.1) is 17.8 Å². The molecule has 3 heterocycles. The molecule has 0 spiro atoms. The summed E-state index contributed by atoms with van der Waals surface area (Å²) in [6.45, 7) is 2.48. The molecule has 0 unspecified atom stereocenters. The first-order valence-electron chi connectivity index (χ1n) is 11.7. The molecule has 1 aliphatic rings. The van der Waals surface area contributed by atoms with E-state index in [1.165, 1.54) is 0 Å². The Labute approximate surface area is 210 Å². The number of nitrogens with one attached hydrogen (secondary N) is 2. The molecule has 0 saturated carbocycles. The summed E-state index contributed by atoms with van der Waals surface area (Å²) in [6.07, 6.45) is 6.31. The van der Waals surface area contributed by atoms with Crippen LogP contribution in [0.5, 0.6) is 0 Å². The van der Waals surface area contributed by atoms with Gasteiger partial charge < -0.3 is 20.1 Å². The van der Waals surface area contributed by atoms with Crippen LogP contribution in [0.2, 0.25) is 0 Å². The number of hydrogen-bond donors (Lipinski definition) is 2. The summed E-state index contributed by atoms with van der Waals surface area (Å²) in [4.78, 5) is 19.5. The Morgan fingerprint density at radius 1 is 1.03 bits per heavy atom. The standard InChI is InChI=1S/C28H27N5OS/c1-20-9-5-6-12-23(20)30-25(34)15-18-33-27(26(31-28(33)35)24-13-7-8-16-29-24)21-14-17-32(19-21)22-10-3-2-4-11-22/h2-14,16-17,19,26-27H,15,18H2,1H3,(H,30,34)(H,31,35)/t26-,27+/m0/s1. The minimum atomic E-state index is -0.116. The SMILES string of the molecule is Cc1ccccc1NC(=O)CCN1C(=S)N[C@@H](c2ccccn2)[C@H]1c1ccn(-c2ccccc2)c1. The molecule has 0 radical (unpaired) electrons. The second kappa shape index (κ2) is 10.1. The molecular formula is C28H27N5OS.